The summed E-state index contributed by atoms with van der Waals surface area (Å²) in [4.78, 5) is 0. The molecule has 0 aliphatic carbocycles. The molecule has 0 saturated carbocycles. The Labute approximate surface area is 54.2 Å². The van der Waals surface area contributed by atoms with E-state index >= 15 is 0 Å². The molecule has 0 aromatic carbocycles. The molecule has 0 unspecified atom stereocenters. The van der Waals surface area contributed by atoms with Crippen LogP contribution >= 0.6 is 0 Å². The van der Waals surface area contributed by atoms with E-state index in [1.165, 1.54) is 11.8 Å². The molecule has 0 aliphatic rings. The second-order valence-corrected chi connectivity index (χ2v) is 3.45. The molecule has 0 radical (unpaired) electrons. The Balaban J connectivity index is 0. The first-order valence-corrected chi connectivity index (χ1v) is 5.41. The summed E-state index contributed by atoms with van der Waals surface area (Å²) in [7, 11) is -3.92. The van der Waals surface area contributed by atoms with Crippen molar-refractivity contribution in [3.8, 4) is 0 Å². The lowest BCUT2D eigenvalue weighted by Gasteiger charge is -1.90. The Morgan fingerprint density at radius 2 is 1.38 bits per heavy atom. The van der Waals surface area contributed by atoms with Gasteiger partial charge >= 0.3 is 0 Å². The smallest absolute Gasteiger partial charge is 0.0949 e. The number of rotatable bonds is 0. The SMILES string of the molecule is CS(=O)(=O)[O-].C[SH+]C. The van der Waals surface area contributed by atoms with Crippen LogP contribution in [0, 0.1) is 0 Å². The second kappa shape index (κ2) is 5.40. The summed E-state index contributed by atoms with van der Waals surface area (Å²) in [6.07, 6.45) is 4.80. The van der Waals surface area contributed by atoms with Crippen LogP contribution in [0.2, 0.25) is 0 Å². The minimum absolute atomic E-state index is 0.604. The van der Waals surface area contributed by atoms with E-state index in [9.17, 15) is 0 Å². The van der Waals surface area contributed by atoms with Gasteiger partial charge in [-0.05, 0) is 11.8 Å². The highest BCUT2D eigenvalue weighted by Crippen LogP contribution is 1.59. The van der Waals surface area contributed by atoms with Crippen molar-refractivity contribution in [2.75, 3.05) is 18.8 Å². The molecule has 0 rings (SSSR count). The third-order valence-corrected chi connectivity index (χ3v) is 0. The van der Waals surface area contributed by atoms with Gasteiger partial charge in [0.05, 0.1) is 22.6 Å². The third-order valence-electron chi connectivity index (χ3n) is 0. The Kier molecular flexibility index (Phi) is 7.50. The van der Waals surface area contributed by atoms with E-state index in [1.807, 2.05) is 0 Å². The molecule has 0 fully saturated rings. The summed E-state index contributed by atoms with van der Waals surface area (Å²) < 4.78 is 27.2. The molecule has 0 heterocycles. The van der Waals surface area contributed by atoms with E-state index < -0.39 is 10.1 Å². The zero-order valence-corrected chi connectivity index (χ0v) is 6.79. The van der Waals surface area contributed by atoms with Crippen molar-refractivity contribution in [2.45, 2.75) is 0 Å². The molecule has 8 heavy (non-hydrogen) atoms. The lowest BCUT2D eigenvalue weighted by atomic mass is 11.9. The monoisotopic (exact) mass is 158 g/mol. The first kappa shape index (κ1) is 11.1. The number of hydrogen-bond acceptors (Lipinski definition) is 3. The molecule has 0 aromatic heterocycles. The number of thiol groups is 1. The first-order valence-electron chi connectivity index (χ1n) is 1.80. The zero-order chi connectivity index (χ0) is 7.21. The number of hydrogen-bond donors (Lipinski definition) is 0. The van der Waals surface area contributed by atoms with Crippen LogP contribution in [0.4, 0.5) is 0 Å². The fourth-order valence-corrected chi connectivity index (χ4v) is 0. The fourth-order valence-electron chi connectivity index (χ4n) is 0. The van der Waals surface area contributed by atoms with Gasteiger partial charge in [0.25, 0.3) is 0 Å². The maximum absolute atomic E-state index is 9.08. The van der Waals surface area contributed by atoms with Crippen LogP contribution in [0.5, 0.6) is 0 Å². The summed E-state index contributed by atoms with van der Waals surface area (Å²) in [5.41, 5.74) is 0. The standard InChI is InChI=1S/C2H6S.CH4O3S/c1-3-2;1-5(2,3)4/h1-2H3;1H3,(H,2,3,4). The van der Waals surface area contributed by atoms with E-state index in [0.717, 1.165) is 0 Å². The zero-order valence-electron chi connectivity index (χ0n) is 5.08. The van der Waals surface area contributed by atoms with Gasteiger partial charge in [-0.25, -0.2) is 8.42 Å². The second-order valence-electron chi connectivity index (χ2n) is 1.15. The van der Waals surface area contributed by atoms with Gasteiger partial charge in [-0.2, -0.15) is 0 Å². The highest BCUT2D eigenvalue weighted by molar-refractivity contribution is 7.84. The van der Waals surface area contributed by atoms with Crippen molar-refractivity contribution >= 4 is 21.9 Å². The maximum atomic E-state index is 9.08. The molecule has 0 spiro atoms. The van der Waals surface area contributed by atoms with Gasteiger partial charge < -0.3 is 4.55 Å². The van der Waals surface area contributed by atoms with E-state index in [0.29, 0.717) is 6.26 Å². The molecule has 0 amide bonds. The molecule has 0 aromatic rings. The molecule has 0 atom stereocenters. The molecular formula is C3H10O3S2. The van der Waals surface area contributed by atoms with Crippen molar-refractivity contribution in [3.05, 3.63) is 0 Å². The Bertz CT molecular complexity index is 106. The average molecular weight is 158 g/mol. The minimum atomic E-state index is -3.92. The van der Waals surface area contributed by atoms with Crippen molar-refractivity contribution in [2.24, 2.45) is 0 Å². The van der Waals surface area contributed by atoms with Gasteiger partial charge in [-0.1, -0.05) is 0 Å². The van der Waals surface area contributed by atoms with E-state index in [4.69, 9.17) is 13.0 Å². The summed E-state index contributed by atoms with van der Waals surface area (Å²) in [6, 6.07) is 0. The van der Waals surface area contributed by atoms with Gasteiger partial charge in [0.15, 0.2) is 0 Å². The van der Waals surface area contributed by atoms with Crippen LogP contribution in [-0.2, 0) is 21.9 Å². The molecule has 0 aliphatic heterocycles. The third kappa shape index (κ3) is 2560. The van der Waals surface area contributed by atoms with Crippen molar-refractivity contribution in [3.63, 3.8) is 0 Å². The van der Waals surface area contributed by atoms with Gasteiger partial charge in [0.2, 0.25) is 0 Å². The van der Waals surface area contributed by atoms with Gasteiger partial charge in [-0.3, -0.25) is 0 Å². The molecule has 0 bridgehead atoms. The minimum Gasteiger partial charge on any atom is -0.748 e. The topological polar surface area (TPSA) is 57.2 Å². The van der Waals surface area contributed by atoms with Gasteiger partial charge in [-0.15, -0.1) is 0 Å². The van der Waals surface area contributed by atoms with Gasteiger partial charge in [0.1, 0.15) is 0 Å². The predicted octanol–water partition coefficient (Wildman–Crippen LogP) is -0.778. The van der Waals surface area contributed by atoms with Crippen LogP contribution in [0.25, 0.3) is 0 Å². The van der Waals surface area contributed by atoms with Crippen molar-refractivity contribution < 1.29 is 13.0 Å². The predicted molar refractivity (Wildman–Crippen MR) is 36.2 cm³/mol. The summed E-state index contributed by atoms with van der Waals surface area (Å²) >= 11 is 1.42. The van der Waals surface area contributed by atoms with Crippen LogP contribution in [0.3, 0.4) is 0 Å². The molecule has 5 heteroatoms. The lowest BCUT2D eigenvalue weighted by Crippen LogP contribution is -1.88. The molecule has 52 valence electrons. The fraction of sp³-hybridized carbons (Fsp3) is 1.00. The highest BCUT2D eigenvalue weighted by Gasteiger charge is 1.65. The molecule has 3 nitrogen and oxygen atoms in total. The van der Waals surface area contributed by atoms with Crippen molar-refractivity contribution in [1.29, 1.82) is 0 Å². The Morgan fingerprint density at radius 1 is 1.38 bits per heavy atom. The van der Waals surface area contributed by atoms with Crippen LogP contribution in [0.15, 0.2) is 0 Å². The van der Waals surface area contributed by atoms with E-state index in [-0.39, 0.29) is 0 Å². The summed E-state index contributed by atoms with van der Waals surface area (Å²) in [5, 5.41) is 0. The van der Waals surface area contributed by atoms with Crippen LogP contribution in [0.1, 0.15) is 0 Å². The van der Waals surface area contributed by atoms with E-state index in [2.05, 4.69) is 12.5 Å². The molecule has 0 saturated heterocycles. The first-order chi connectivity index (χ1) is 3.41. The average Bonchev–Trinajstić information content (AvgIpc) is 1.27. The molecular weight excluding hydrogens is 148 g/mol. The molecule has 0 N–H and O–H groups in total. The summed E-state index contributed by atoms with van der Waals surface area (Å²) in [6.45, 7) is 0. The maximum Gasteiger partial charge on any atom is 0.0949 e. The van der Waals surface area contributed by atoms with E-state index in [1.54, 1.807) is 0 Å². The normalized spacial score (nSPS) is 9.50. The Hall–Kier alpha value is 0.260. The lowest BCUT2D eigenvalue weighted by molar-refractivity contribution is 0.470. The highest BCUT2D eigenvalue weighted by atomic mass is 32.2. The largest absolute Gasteiger partial charge is 0.748 e. The van der Waals surface area contributed by atoms with Crippen LogP contribution < -0.4 is 0 Å². The quantitative estimate of drug-likeness (QED) is 0.264. The van der Waals surface area contributed by atoms with Crippen LogP contribution in [-0.4, -0.2) is 31.7 Å². The Morgan fingerprint density at radius 3 is 1.38 bits per heavy atom. The summed E-state index contributed by atoms with van der Waals surface area (Å²) in [5.74, 6) is 0. The van der Waals surface area contributed by atoms with Crippen molar-refractivity contribution in [1.82, 2.24) is 0 Å². The van der Waals surface area contributed by atoms with Gasteiger partial charge in [0, 0.05) is 6.26 Å².